The first kappa shape index (κ1) is 22.8. The first-order chi connectivity index (χ1) is 16.5. The van der Waals surface area contributed by atoms with Crippen molar-refractivity contribution in [3.05, 3.63) is 111 Å². The largest absolute Gasteiger partial charge is 0.355 e. The normalized spacial score (nSPS) is 10.4. The van der Waals surface area contributed by atoms with E-state index in [0.717, 1.165) is 5.56 Å². The van der Waals surface area contributed by atoms with Crippen molar-refractivity contribution in [2.24, 2.45) is 0 Å². The third-order valence-electron chi connectivity index (χ3n) is 4.76. The molecule has 0 saturated heterocycles. The molecule has 0 fully saturated rings. The summed E-state index contributed by atoms with van der Waals surface area (Å²) in [7, 11) is 0. The Balaban J connectivity index is 1.70. The molecule has 0 spiro atoms. The maximum Gasteiger partial charge on any atom is 0.355 e. The summed E-state index contributed by atoms with van der Waals surface area (Å²) in [5.41, 5.74) is 5.88. The second-order valence-corrected chi connectivity index (χ2v) is 7.82. The highest BCUT2D eigenvalue weighted by Crippen LogP contribution is 2.36. The number of hydrogen-bond donors (Lipinski definition) is 2. The summed E-state index contributed by atoms with van der Waals surface area (Å²) in [4.78, 5) is 38.3. The zero-order valence-corrected chi connectivity index (χ0v) is 19.2. The van der Waals surface area contributed by atoms with Crippen molar-refractivity contribution in [2.45, 2.75) is 6.54 Å². The van der Waals surface area contributed by atoms with Gasteiger partial charge in [-0.15, -0.1) is 0 Å². The number of benzene rings is 2. The van der Waals surface area contributed by atoms with E-state index in [1.54, 1.807) is 53.6 Å². The third kappa shape index (κ3) is 5.15. The Bertz CT molecular complexity index is 1310. The van der Waals surface area contributed by atoms with Crippen LogP contribution >= 0.6 is 15.9 Å². The minimum Gasteiger partial charge on any atom is -0.301 e. The van der Waals surface area contributed by atoms with Gasteiger partial charge in [-0.1, -0.05) is 48.5 Å². The summed E-state index contributed by atoms with van der Waals surface area (Å²) in [5, 5.41) is 12.1. The lowest BCUT2D eigenvalue weighted by Gasteiger charge is -2.23. The Hall–Kier alpha value is -4.38. The lowest BCUT2D eigenvalue weighted by atomic mass is 10.2. The van der Waals surface area contributed by atoms with E-state index in [1.165, 1.54) is 6.33 Å². The fourth-order valence-corrected chi connectivity index (χ4v) is 3.66. The summed E-state index contributed by atoms with van der Waals surface area (Å²) in [6.45, 7) is 0.276. The van der Waals surface area contributed by atoms with Gasteiger partial charge >= 0.3 is 5.69 Å². The number of nitrogens with one attached hydrogen (secondary N) is 2. The van der Waals surface area contributed by atoms with Crippen LogP contribution in [0.3, 0.4) is 0 Å². The second kappa shape index (κ2) is 10.5. The van der Waals surface area contributed by atoms with Gasteiger partial charge in [0.1, 0.15) is 12.1 Å². The van der Waals surface area contributed by atoms with Crippen LogP contribution < -0.4 is 15.8 Å². The molecule has 2 aromatic heterocycles. The van der Waals surface area contributed by atoms with Gasteiger partial charge in [0.05, 0.1) is 17.0 Å². The molecule has 2 heterocycles. The zero-order valence-electron chi connectivity index (χ0n) is 17.6. The van der Waals surface area contributed by atoms with Gasteiger partial charge < -0.3 is 4.90 Å². The van der Waals surface area contributed by atoms with Crippen molar-refractivity contribution >= 4 is 45.0 Å². The van der Waals surface area contributed by atoms with Crippen LogP contribution in [0.4, 0.5) is 23.1 Å². The highest BCUT2D eigenvalue weighted by Gasteiger charge is 2.29. The number of hydrazine groups is 1. The molecule has 0 aliphatic carbocycles. The molecule has 0 atom stereocenters. The summed E-state index contributed by atoms with van der Waals surface area (Å²) in [6, 6.07) is 21.5. The van der Waals surface area contributed by atoms with Crippen LogP contribution in [0, 0.1) is 10.1 Å². The van der Waals surface area contributed by atoms with E-state index in [2.05, 4.69) is 41.7 Å². The monoisotopic (exact) mass is 519 g/mol. The molecule has 11 heteroatoms. The van der Waals surface area contributed by atoms with E-state index >= 15 is 0 Å². The molecule has 2 N–H and O–H groups in total. The van der Waals surface area contributed by atoms with Gasteiger partial charge in [0.15, 0.2) is 0 Å². The maximum atomic E-state index is 12.6. The van der Waals surface area contributed by atoms with Gasteiger partial charge in [0, 0.05) is 10.7 Å². The van der Waals surface area contributed by atoms with Crippen LogP contribution in [0.25, 0.3) is 0 Å². The summed E-state index contributed by atoms with van der Waals surface area (Å²) < 4.78 is 0.580. The fourth-order valence-electron chi connectivity index (χ4n) is 3.20. The number of rotatable bonds is 8. The molecular weight excluding hydrogens is 502 g/mol. The van der Waals surface area contributed by atoms with Crippen LogP contribution in [0.1, 0.15) is 15.9 Å². The van der Waals surface area contributed by atoms with Crippen molar-refractivity contribution in [3.63, 3.8) is 0 Å². The van der Waals surface area contributed by atoms with Gasteiger partial charge in [-0.25, -0.2) is 15.0 Å². The molecule has 1 amide bonds. The van der Waals surface area contributed by atoms with E-state index in [9.17, 15) is 14.9 Å². The smallest absolute Gasteiger partial charge is 0.301 e. The van der Waals surface area contributed by atoms with E-state index in [0.29, 0.717) is 15.9 Å². The number of carbonyl (C=O) groups excluding carboxylic acids is 1. The summed E-state index contributed by atoms with van der Waals surface area (Å²) >= 11 is 3.31. The van der Waals surface area contributed by atoms with Crippen LogP contribution in [-0.2, 0) is 6.54 Å². The van der Waals surface area contributed by atoms with E-state index in [4.69, 9.17) is 0 Å². The van der Waals surface area contributed by atoms with Crippen molar-refractivity contribution in [2.75, 3.05) is 10.3 Å². The molecule has 0 saturated carbocycles. The quantitative estimate of drug-likeness (QED) is 0.254. The van der Waals surface area contributed by atoms with Gasteiger partial charge in [0.25, 0.3) is 5.91 Å². The molecular formula is C23H18BrN7O3. The minimum atomic E-state index is -0.594. The van der Waals surface area contributed by atoms with Crippen LogP contribution in [0.15, 0.2) is 89.8 Å². The molecule has 4 aromatic rings. The maximum absolute atomic E-state index is 12.6. The van der Waals surface area contributed by atoms with Crippen LogP contribution in [0.2, 0.25) is 0 Å². The number of carbonyl (C=O) groups is 1. The average Bonchev–Trinajstić information content (AvgIpc) is 2.87. The summed E-state index contributed by atoms with van der Waals surface area (Å²) in [5.74, 6) is -0.159. The van der Waals surface area contributed by atoms with Crippen molar-refractivity contribution in [3.8, 4) is 0 Å². The fraction of sp³-hybridized carbons (Fsp3) is 0.0435. The molecule has 0 unspecified atom stereocenters. The van der Waals surface area contributed by atoms with Gasteiger partial charge in [0.2, 0.25) is 11.6 Å². The number of aromatic nitrogens is 3. The number of hydrogen-bond acceptors (Lipinski definition) is 8. The highest BCUT2D eigenvalue weighted by molar-refractivity contribution is 9.10. The molecule has 0 aliphatic heterocycles. The Labute approximate surface area is 203 Å². The van der Waals surface area contributed by atoms with Gasteiger partial charge in [-0.3, -0.25) is 25.8 Å². The topological polar surface area (TPSA) is 126 Å². The third-order valence-corrected chi connectivity index (χ3v) is 5.45. The molecule has 34 heavy (non-hydrogen) atoms. The number of nitrogens with zero attached hydrogens (tertiary/aromatic N) is 5. The molecule has 10 nitrogen and oxygen atoms in total. The molecule has 0 bridgehead atoms. The minimum absolute atomic E-state index is 0.0280. The number of amides is 1. The summed E-state index contributed by atoms with van der Waals surface area (Å²) in [6.07, 6.45) is 2.79. The van der Waals surface area contributed by atoms with E-state index in [1.807, 2.05) is 30.3 Å². The van der Waals surface area contributed by atoms with Gasteiger partial charge in [-0.05, 0) is 45.8 Å². The standard InChI is InChI=1S/C23H18BrN7O3/c24-18-11-5-4-10-17(18)23(32)29-28-21-20(31(33)34)22(27-15-26-21)30(19-12-6-7-13-25-19)14-16-8-2-1-3-9-16/h1-13,15H,14H2,(H,29,32)(H,26,27,28). The molecule has 0 radical (unpaired) electrons. The van der Waals surface area contributed by atoms with Crippen molar-refractivity contribution in [1.82, 2.24) is 20.4 Å². The zero-order chi connectivity index (χ0) is 23.9. The molecule has 2 aromatic carbocycles. The number of anilines is 3. The Morgan fingerprint density at radius 1 is 0.971 bits per heavy atom. The lowest BCUT2D eigenvalue weighted by molar-refractivity contribution is -0.383. The first-order valence-corrected chi connectivity index (χ1v) is 10.9. The second-order valence-electron chi connectivity index (χ2n) is 6.97. The van der Waals surface area contributed by atoms with Crippen LogP contribution in [-0.4, -0.2) is 25.8 Å². The van der Waals surface area contributed by atoms with E-state index in [-0.39, 0.29) is 18.2 Å². The van der Waals surface area contributed by atoms with Crippen LogP contribution in [0.5, 0.6) is 0 Å². The molecule has 0 aliphatic rings. The highest BCUT2D eigenvalue weighted by atomic mass is 79.9. The van der Waals surface area contributed by atoms with Crippen molar-refractivity contribution < 1.29 is 9.72 Å². The number of halogens is 1. The van der Waals surface area contributed by atoms with E-state index < -0.39 is 16.5 Å². The Morgan fingerprint density at radius 3 is 2.41 bits per heavy atom. The van der Waals surface area contributed by atoms with Crippen molar-refractivity contribution in [1.29, 1.82) is 0 Å². The SMILES string of the molecule is O=C(NNc1ncnc(N(Cc2ccccc2)c2ccccn2)c1[N+](=O)[O-])c1ccccc1Br. The predicted molar refractivity (Wildman–Crippen MR) is 130 cm³/mol. The number of pyridine rings is 1. The average molecular weight is 520 g/mol. The molecule has 170 valence electrons. The lowest BCUT2D eigenvalue weighted by Crippen LogP contribution is -2.31. The molecule has 4 rings (SSSR count). The van der Waals surface area contributed by atoms with Gasteiger partial charge in [-0.2, -0.15) is 0 Å². The Morgan fingerprint density at radius 2 is 1.71 bits per heavy atom. The number of nitro groups is 1. The first-order valence-electron chi connectivity index (χ1n) is 10.1. The Kier molecular flexibility index (Phi) is 7.04. The predicted octanol–water partition coefficient (Wildman–Crippen LogP) is 4.64.